The van der Waals surface area contributed by atoms with E-state index in [0.717, 1.165) is 5.52 Å². The third-order valence-corrected chi connectivity index (χ3v) is 2.38. The van der Waals surface area contributed by atoms with E-state index < -0.39 is 0 Å². The van der Waals surface area contributed by atoms with Gasteiger partial charge in [0.05, 0.1) is 11.0 Å². The van der Waals surface area contributed by atoms with E-state index in [2.05, 4.69) is 22.1 Å². The zero-order valence-corrected chi connectivity index (χ0v) is 8.89. The van der Waals surface area contributed by atoms with Crippen molar-refractivity contribution in [1.29, 1.82) is 0 Å². The molecule has 0 unspecified atom stereocenters. The third-order valence-electron chi connectivity index (χ3n) is 1.86. The minimum Gasteiger partial charge on any atom is -0.256 e. The van der Waals surface area contributed by atoms with E-state index in [4.69, 9.17) is 0 Å². The second-order valence-electron chi connectivity index (χ2n) is 2.87. The fourth-order valence-electron chi connectivity index (χ4n) is 1.19. The van der Waals surface area contributed by atoms with Gasteiger partial charge in [0, 0.05) is 23.2 Å². The van der Waals surface area contributed by atoms with Crippen LogP contribution in [0, 0.1) is 0 Å². The van der Waals surface area contributed by atoms with Gasteiger partial charge < -0.3 is 0 Å². The molecule has 0 bridgehead atoms. The molecule has 3 heteroatoms. The van der Waals surface area contributed by atoms with Crippen LogP contribution in [-0.4, -0.2) is 9.97 Å². The molecule has 0 radical (unpaired) electrons. The molecule has 2 aromatic heterocycles. The molecule has 3 rings (SSSR count). The molecule has 0 atom stereocenters. The number of rotatable bonds is 0. The van der Waals surface area contributed by atoms with E-state index in [1.807, 2.05) is 35.8 Å². The first-order chi connectivity index (χ1) is 7.47. The maximum atomic E-state index is 4.18. The molecule has 0 fully saturated rings. The Hall–Kier alpha value is -1.74. The highest BCUT2D eigenvalue weighted by Gasteiger charge is 1.86. The molecule has 3 aromatic rings. The zero-order valence-electron chi connectivity index (χ0n) is 8.08. The van der Waals surface area contributed by atoms with Gasteiger partial charge in [-0.25, -0.2) is 0 Å². The molecule has 0 spiro atoms. The number of thiazole rings is 1. The summed E-state index contributed by atoms with van der Waals surface area (Å²) >= 11 is 1.60. The van der Waals surface area contributed by atoms with Gasteiger partial charge in [-0.1, -0.05) is 24.3 Å². The van der Waals surface area contributed by atoms with E-state index >= 15 is 0 Å². The Balaban J connectivity index is 0.000000144. The Bertz CT molecular complexity index is 423. The first kappa shape index (κ1) is 9.80. The first-order valence-electron chi connectivity index (χ1n) is 4.59. The van der Waals surface area contributed by atoms with Gasteiger partial charge in [-0.2, -0.15) is 0 Å². The average molecular weight is 214 g/mol. The van der Waals surface area contributed by atoms with Gasteiger partial charge in [0.15, 0.2) is 0 Å². The van der Waals surface area contributed by atoms with E-state index in [1.54, 1.807) is 23.0 Å². The number of para-hydroxylation sites is 1. The van der Waals surface area contributed by atoms with Crippen molar-refractivity contribution in [3.63, 3.8) is 0 Å². The number of pyridine rings is 1. The zero-order chi connectivity index (χ0) is 10.3. The quantitative estimate of drug-likeness (QED) is 0.573. The summed E-state index contributed by atoms with van der Waals surface area (Å²) in [7, 11) is 0. The average Bonchev–Trinajstić information content (AvgIpc) is 2.88. The van der Waals surface area contributed by atoms with Gasteiger partial charge in [0.1, 0.15) is 0 Å². The van der Waals surface area contributed by atoms with Crippen LogP contribution < -0.4 is 0 Å². The highest BCUT2D eigenvalue weighted by atomic mass is 32.1. The summed E-state index contributed by atoms with van der Waals surface area (Å²) in [5, 5.41) is 3.13. The monoisotopic (exact) mass is 214 g/mol. The molecule has 0 aliphatic heterocycles. The van der Waals surface area contributed by atoms with Gasteiger partial charge in [0.2, 0.25) is 0 Å². The van der Waals surface area contributed by atoms with Crippen molar-refractivity contribution in [1.82, 2.24) is 9.97 Å². The van der Waals surface area contributed by atoms with Crippen LogP contribution in [-0.2, 0) is 0 Å². The predicted molar refractivity (Wildman–Crippen MR) is 63.9 cm³/mol. The molecule has 0 saturated heterocycles. The van der Waals surface area contributed by atoms with E-state index in [-0.39, 0.29) is 0 Å². The van der Waals surface area contributed by atoms with Gasteiger partial charge in [-0.15, -0.1) is 11.3 Å². The maximum Gasteiger partial charge on any atom is 0.0791 e. The molecule has 0 aliphatic carbocycles. The Kier molecular flexibility index (Phi) is 3.41. The fraction of sp³-hybridized carbons (Fsp3) is 0. The lowest BCUT2D eigenvalue weighted by atomic mass is 10.2. The molecular formula is C12H10N2S. The summed E-state index contributed by atoms with van der Waals surface area (Å²) in [6.07, 6.45) is 3.58. The van der Waals surface area contributed by atoms with Crippen molar-refractivity contribution >= 4 is 22.2 Å². The number of benzene rings is 1. The number of fused-ring (bicyclic) bond motifs is 1. The lowest BCUT2D eigenvalue weighted by molar-refractivity contribution is 1.41. The topological polar surface area (TPSA) is 25.8 Å². The van der Waals surface area contributed by atoms with Crippen molar-refractivity contribution in [3.05, 3.63) is 59.7 Å². The molecule has 0 aliphatic rings. The van der Waals surface area contributed by atoms with Gasteiger partial charge in [-0.05, 0) is 12.1 Å². The molecule has 15 heavy (non-hydrogen) atoms. The normalized spacial score (nSPS) is 9.33. The number of aromatic nitrogens is 2. The lowest BCUT2D eigenvalue weighted by Crippen LogP contribution is -1.73. The number of hydrogen-bond acceptors (Lipinski definition) is 3. The van der Waals surface area contributed by atoms with Crippen molar-refractivity contribution in [2.24, 2.45) is 0 Å². The Morgan fingerprint density at radius 1 is 0.933 bits per heavy atom. The molecule has 1 aromatic carbocycles. The fourth-order valence-corrected chi connectivity index (χ4v) is 1.54. The Morgan fingerprint density at radius 2 is 1.80 bits per heavy atom. The third kappa shape index (κ3) is 2.86. The summed E-state index contributed by atoms with van der Waals surface area (Å²) in [5.74, 6) is 0. The predicted octanol–water partition coefficient (Wildman–Crippen LogP) is 3.38. The molecular weight excluding hydrogens is 204 g/mol. The van der Waals surface area contributed by atoms with Crippen LogP contribution in [0.4, 0.5) is 0 Å². The summed E-state index contributed by atoms with van der Waals surface area (Å²) in [6.45, 7) is 0. The number of nitrogens with zero attached hydrogens (tertiary/aromatic N) is 2. The largest absolute Gasteiger partial charge is 0.256 e. The van der Waals surface area contributed by atoms with Gasteiger partial charge >= 0.3 is 0 Å². The summed E-state index contributed by atoms with van der Waals surface area (Å²) < 4.78 is 0. The number of hydrogen-bond donors (Lipinski definition) is 0. The van der Waals surface area contributed by atoms with E-state index in [1.165, 1.54) is 5.39 Å². The van der Waals surface area contributed by atoms with Crippen LogP contribution in [0.5, 0.6) is 0 Å². The Morgan fingerprint density at radius 3 is 2.47 bits per heavy atom. The second kappa shape index (κ2) is 5.22. The summed E-state index contributed by atoms with van der Waals surface area (Å²) in [4.78, 5) is 7.92. The van der Waals surface area contributed by atoms with Crippen LogP contribution in [0.2, 0.25) is 0 Å². The van der Waals surface area contributed by atoms with Crippen LogP contribution in [0.3, 0.4) is 0 Å². The standard InChI is InChI=1S/C9H7N.C3H3NS/c1-2-6-9-8(4-1)5-3-7-10-9;1-2-5-3-4-1/h1-7H;1-3H. The lowest BCUT2D eigenvalue weighted by Gasteiger charge is -1.91. The van der Waals surface area contributed by atoms with E-state index in [0.29, 0.717) is 0 Å². The van der Waals surface area contributed by atoms with Crippen LogP contribution >= 0.6 is 11.3 Å². The van der Waals surface area contributed by atoms with Gasteiger partial charge in [-0.3, -0.25) is 9.97 Å². The molecule has 2 heterocycles. The Labute approximate surface area is 92.3 Å². The molecule has 0 saturated carbocycles. The highest BCUT2D eigenvalue weighted by Crippen LogP contribution is 2.07. The maximum absolute atomic E-state index is 4.18. The smallest absolute Gasteiger partial charge is 0.0791 e. The van der Waals surface area contributed by atoms with Crippen molar-refractivity contribution < 1.29 is 0 Å². The van der Waals surface area contributed by atoms with Crippen LogP contribution in [0.15, 0.2) is 59.7 Å². The SMILES string of the molecule is c1ccc2ncccc2c1.c1cscn1. The van der Waals surface area contributed by atoms with E-state index in [9.17, 15) is 0 Å². The van der Waals surface area contributed by atoms with Crippen molar-refractivity contribution in [3.8, 4) is 0 Å². The molecule has 74 valence electrons. The van der Waals surface area contributed by atoms with Gasteiger partial charge in [0.25, 0.3) is 0 Å². The van der Waals surface area contributed by atoms with Crippen LogP contribution in [0.1, 0.15) is 0 Å². The first-order valence-corrected chi connectivity index (χ1v) is 5.53. The minimum atomic E-state index is 1.06. The molecule has 0 N–H and O–H groups in total. The van der Waals surface area contributed by atoms with Crippen molar-refractivity contribution in [2.75, 3.05) is 0 Å². The summed E-state index contributed by atoms with van der Waals surface area (Å²) in [6, 6.07) is 12.1. The summed E-state index contributed by atoms with van der Waals surface area (Å²) in [5.41, 5.74) is 2.85. The highest BCUT2D eigenvalue weighted by molar-refractivity contribution is 7.07. The molecule has 0 amide bonds. The van der Waals surface area contributed by atoms with Crippen molar-refractivity contribution in [2.45, 2.75) is 0 Å². The minimum absolute atomic E-state index is 1.06. The molecule has 2 nitrogen and oxygen atoms in total. The second-order valence-corrected chi connectivity index (χ2v) is 3.63. The van der Waals surface area contributed by atoms with Crippen LogP contribution in [0.25, 0.3) is 10.9 Å².